The van der Waals surface area contributed by atoms with Gasteiger partial charge in [0, 0.05) is 35.8 Å². The molecular formula is C19H20N4O5S. The van der Waals surface area contributed by atoms with Crippen LogP contribution in [0, 0.1) is 24.0 Å². The molecule has 0 fully saturated rings. The average molecular weight is 416 g/mol. The maximum Gasteiger partial charge on any atom is 0.338 e. The number of esters is 1. The first kappa shape index (κ1) is 20.5. The number of amides is 1. The summed E-state index contributed by atoms with van der Waals surface area (Å²) < 4.78 is 6.85. The summed E-state index contributed by atoms with van der Waals surface area (Å²) in [5.41, 5.74) is 1.33. The number of carbonyl (C=O) groups is 2. The second-order valence-corrected chi connectivity index (χ2v) is 7.76. The number of ether oxygens (including phenoxy) is 1. The summed E-state index contributed by atoms with van der Waals surface area (Å²) in [7, 11) is 1.60. The van der Waals surface area contributed by atoms with Crippen molar-refractivity contribution in [2.45, 2.75) is 27.3 Å². The van der Waals surface area contributed by atoms with Crippen LogP contribution in [0.25, 0.3) is 4.96 Å². The van der Waals surface area contributed by atoms with Gasteiger partial charge in [-0.15, -0.1) is 11.3 Å². The number of nitro groups is 1. The standard InChI is InChI=1S/C19H20N4O5S/c1-5-28-18(25)14-6-13(7-15(8-14)23(26)27)17(24)21(4)10-16-12(3)20-19-22(16)9-11(2)29-19/h6-9H,5,10H2,1-4H3. The number of benzene rings is 1. The first-order valence-electron chi connectivity index (χ1n) is 8.87. The number of thiazole rings is 1. The predicted molar refractivity (Wildman–Crippen MR) is 107 cm³/mol. The van der Waals surface area contributed by atoms with Gasteiger partial charge in [-0.2, -0.15) is 0 Å². The molecule has 0 spiro atoms. The molecule has 1 aromatic carbocycles. The van der Waals surface area contributed by atoms with Gasteiger partial charge in [0.25, 0.3) is 11.6 Å². The summed E-state index contributed by atoms with van der Waals surface area (Å²) in [6.07, 6.45) is 1.96. The first-order chi connectivity index (χ1) is 13.7. The number of nitro benzene ring substituents is 1. The SMILES string of the molecule is CCOC(=O)c1cc(C(=O)N(C)Cc2c(C)nc3sc(C)cn23)cc([N+](=O)[O-])c1. The molecule has 0 aliphatic rings. The summed E-state index contributed by atoms with van der Waals surface area (Å²) in [6.45, 7) is 5.87. The molecule has 152 valence electrons. The van der Waals surface area contributed by atoms with E-state index in [0.717, 1.165) is 33.4 Å². The molecular weight excluding hydrogens is 396 g/mol. The molecule has 0 bridgehead atoms. The molecule has 0 unspecified atom stereocenters. The number of rotatable bonds is 6. The number of non-ortho nitro benzene ring substituents is 1. The normalized spacial score (nSPS) is 10.9. The Hall–Kier alpha value is -3.27. The lowest BCUT2D eigenvalue weighted by molar-refractivity contribution is -0.384. The van der Waals surface area contributed by atoms with Crippen LogP contribution in [0.1, 0.15) is 43.9 Å². The van der Waals surface area contributed by atoms with Crippen LogP contribution in [-0.4, -0.2) is 44.7 Å². The van der Waals surface area contributed by atoms with E-state index in [1.165, 1.54) is 11.0 Å². The number of hydrogen-bond donors (Lipinski definition) is 0. The van der Waals surface area contributed by atoms with Crippen molar-refractivity contribution in [3.8, 4) is 0 Å². The van der Waals surface area contributed by atoms with Crippen LogP contribution in [-0.2, 0) is 11.3 Å². The van der Waals surface area contributed by atoms with E-state index in [1.807, 2.05) is 24.4 Å². The molecule has 1 amide bonds. The van der Waals surface area contributed by atoms with Crippen molar-refractivity contribution in [3.05, 3.63) is 61.9 Å². The van der Waals surface area contributed by atoms with Gasteiger partial charge < -0.3 is 9.64 Å². The van der Waals surface area contributed by atoms with Crippen molar-refractivity contribution in [1.82, 2.24) is 14.3 Å². The molecule has 0 aliphatic carbocycles. The zero-order chi connectivity index (χ0) is 21.3. The molecule has 10 heteroatoms. The van der Waals surface area contributed by atoms with Gasteiger partial charge in [-0.25, -0.2) is 9.78 Å². The molecule has 0 saturated heterocycles. The zero-order valence-corrected chi connectivity index (χ0v) is 17.3. The van der Waals surface area contributed by atoms with Crippen LogP contribution in [0.4, 0.5) is 5.69 Å². The topological polar surface area (TPSA) is 107 Å². The summed E-state index contributed by atoms with van der Waals surface area (Å²) in [4.78, 5) is 43.5. The number of carbonyl (C=O) groups excluding carboxylic acids is 2. The van der Waals surface area contributed by atoms with Crippen molar-refractivity contribution < 1.29 is 19.2 Å². The number of aryl methyl sites for hydroxylation is 2. The Bertz CT molecular complexity index is 1120. The minimum Gasteiger partial charge on any atom is -0.462 e. The lowest BCUT2D eigenvalue weighted by Gasteiger charge is -2.17. The number of aromatic nitrogens is 2. The largest absolute Gasteiger partial charge is 0.462 e. The molecule has 0 radical (unpaired) electrons. The van der Waals surface area contributed by atoms with E-state index >= 15 is 0 Å². The smallest absolute Gasteiger partial charge is 0.338 e. The average Bonchev–Trinajstić information content (AvgIpc) is 3.16. The van der Waals surface area contributed by atoms with E-state index in [1.54, 1.807) is 25.3 Å². The maximum absolute atomic E-state index is 13.0. The van der Waals surface area contributed by atoms with Gasteiger partial charge in [-0.3, -0.25) is 19.3 Å². The van der Waals surface area contributed by atoms with Crippen molar-refractivity contribution >= 4 is 33.9 Å². The lowest BCUT2D eigenvalue weighted by atomic mass is 10.1. The molecule has 3 aromatic rings. The highest BCUT2D eigenvalue weighted by molar-refractivity contribution is 7.17. The van der Waals surface area contributed by atoms with Crippen molar-refractivity contribution in [3.63, 3.8) is 0 Å². The Morgan fingerprint density at radius 3 is 2.62 bits per heavy atom. The Kier molecular flexibility index (Phi) is 5.64. The van der Waals surface area contributed by atoms with Gasteiger partial charge in [-0.05, 0) is 26.8 Å². The molecule has 2 aromatic heterocycles. The van der Waals surface area contributed by atoms with Crippen LogP contribution in [0.5, 0.6) is 0 Å². The number of fused-ring (bicyclic) bond motifs is 1. The second-order valence-electron chi connectivity index (χ2n) is 6.55. The fourth-order valence-corrected chi connectivity index (χ4v) is 3.88. The van der Waals surface area contributed by atoms with Crippen LogP contribution in [0.15, 0.2) is 24.4 Å². The Labute approximate surface area is 170 Å². The van der Waals surface area contributed by atoms with E-state index in [4.69, 9.17) is 4.74 Å². The van der Waals surface area contributed by atoms with Crippen molar-refractivity contribution in [1.29, 1.82) is 0 Å². The van der Waals surface area contributed by atoms with Crippen LogP contribution in [0.3, 0.4) is 0 Å². The molecule has 0 aliphatic heterocycles. The molecule has 0 atom stereocenters. The van der Waals surface area contributed by atoms with E-state index in [0.29, 0.717) is 0 Å². The molecule has 3 rings (SSSR count). The molecule has 9 nitrogen and oxygen atoms in total. The van der Waals surface area contributed by atoms with Crippen molar-refractivity contribution in [2.24, 2.45) is 0 Å². The number of imidazole rings is 1. The fraction of sp³-hybridized carbons (Fsp3) is 0.316. The predicted octanol–water partition coefficient (Wildman–Crippen LogP) is 3.37. The first-order valence-corrected chi connectivity index (χ1v) is 9.69. The minimum atomic E-state index is -0.713. The van der Waals surface area contributed by atoms with Gasteiger partial charge in [-0.1, -0.05) is 0 Å². The summed E-state index contributed by atoms with van der Waals surface area (Å²) in [5, 5.41) is 11.2. The van der Waals surface area contributed by atoms with E-state index in [-0.39, 0.29) is 30.0 Å². The third-order valence-corrected chi connectivity index (χ3v) is 5.26. The van der Waals surface area contributed by atoms with E-state index < -0.39 is 16.8 Å². The summed E-state index contributed by atoms with van der Waals surface area (Å²) in [6, 6.07) is 3.58. The highest BCUT2D eigenvalue weighted by atomic mass is 32.1. The van der Waals surface area contributed by atoms with Gasteiger partial charge in [0.15, 0.2) is 4.96 Å². The van der Waals surface area contributed by atoms with Gasteiger partial charge in [0.05, 0.1) is 35.0 Å². The van der Waals surface area contributed by atoms with Gasteiger partial charge in [0.1, 0.15) is 0 Å². The highest BCUT2D eigenvalue weighted by Gasteiger charge is 2.22. The van der Waals surface area contributed by atoms with Crippen LogP contribution >= 0.6 is 11.3 Å². The Morgan fingerprint density at radius 1 is 1.28 bits per heavy atom. The fourth-order valence-electron chi connectivity index (χ4n) is 2.99. The lowest BCUT2D eigenvalue weighted by Crippen LogP contribution is -2.27. The van der Waals surface area contributed by atoms with Crippen molar-refractivity contribution in [2.75, 3.05) is 13.7 Å². The molecule has 0 saturated carbocycles. The zero-order valence-electron chi connectivity index (χ0n) is 16.5. The Balaban J connectivity index is 1.92. The maximum atomic E-state index is 13.0. The molecule has 29 heavy (non-hydrogen) atoms. The highest BCUT2D eigenvalue weighted by Crippen LogP contribution is 2.23. The minimum absolute atomic E-state index is 0.0332. The van der Waals surface area contributed by atoms with Gasteiger partial charge >= 0.3 is 5.97 Å². The third kappa shape index (κ3) is 4.11. The molecule has 0 N–H and O–H groups in total. The second kappa shape index (κ2) is 8.00. The van der Waals surface area contributed by atoms with Gasteiger partial charge in [0.2, 0.25) is 0 Å². The third-order valence-electron chi connectivity index (χ3n) is 4.36. The summed E-state index contributed by atoms with van der Waals surface area (Å²) in [5.74, 6) is -1.16. The van der Waals surface area contributed by atoms with Crippen LogP contribution < -0.4 is 0 Å². The quantitative estimate of drug-likeness (QED) is 0.346. The van der Waals surface area contributed by atoms with E-state index in [2.05, 4.69) is 4.98 Å². The summed E-state index contributed by atoms with van der Waals surface area (Å²) >= 11 is 1.56. The van der Waals surface area contributed by atoms with E-state index in [9.17, 15) is 19.7 Å². The number of hydrogen-bond acceptors (Lipinski definition) is 7. The van der Waals surface area contributed by atoms with Crippen LogP contribution in [0.2, 0.25) is 0 Å². The molecule has 2 heterocycles. The Morgan fingerprint density at radius 2 is 1.97 bits per heavy atom. The monoisotopic (exact) mass is 416 g/mol. The number of nitrogens with zero attached hydrogens (tertiary/aromatic N) is 4.